The summed E-state index contributed by atoms with van der Waals surface area (Å²) in [6.45, 7) is 4.31. The van der Waals surface area contributed by atoms with Crippen LogP contribution in [0.4, 0.5) is 0 Å². The third-order valence-corrected chi connectivity index (χ3v) is 6.43. The summed E-state index contributed by atoms with van der Waals surface area (Å²) < 4.78 is 34.1. The predicted molar refractivity (Wildman–Crippen MR) is 87.0 cm³/mol. The number of sulfonamides is 1. The molecule has 0 spiro atoms. The molecular weight excluding hydrogens is 354 g/mol. The molecule has 0 saturated heterocycles. The highest BCUT2D eigenvalue weighted by atomic mass is 79.9. The number of ether oxygens (including phenoxy) is 1. The second-order valence-electron chi connectivity index (χ2n) is 5.79. The van der Waals surface area contributed by atoms with Crippen molar-refractivity contribution in [2.45, 2.75) is 44.0 Å². The first kappa shape index (κ1) is 16.8. The number of benzene rings is 1. The number of rotatable bonds is 4. The molecule has 0 unspecified atom stereocenters. The Morgan fingerprint density at radius 2 is 2.00 bits per heavy atom. The lowest BCUT2D eigenvalue weighted by Gasteiger charge is -2.34. The molecule has 0 heterocycles. The van der Waals surface area contributed by atoms with Gasteiger partial charge in [-0.15, -0.1) is 0 Å². The van der Waals surface area contributed by atoms with Crippen LogP contribution < -0.4 is 9.46 Å². The molecule has 4 nitrogen and oxygen atoms in total. The predicted octanol–water partition coefficient (Wildman–Crippen LogP) is 3.56. The zero-order valence-corrected chi connectivity index (χ0v) is 15.0. The standard InChI is InChI=1S/C15H22BrNO3S/c1-10-5-4-6-13(11(10)2)17-21(18,19)15-9-12(16)7-8-14(15)20-3/h7-11,13,17H,4-6H2,1-3H3/t10-,11+,13+/m0/s1. The zero-order chi connectivity index (χ0) is 15.6. The van der Waals surface area contributed by atoms with E-state index in [9.17, 15) is 8.42 Å². The monoisotopic (exact) mass is 375 g/mol. The molecule has 1 N–H and O–H groups in total. The highest BCUT2D eigenvalue weighted by Crippen LogP contribution is 2.32. The molecule has 6 heteroatoms. The highest BCUT2D eigenvalue weighted by molar-refractivity contribution is 9.10. The highest BCUT2D eigenvalue weighted by Gasteiger charge is 2.31. The maximum atomic E-state index is 12.7. The first-order chi connectivity index (χ1) is 9.85. The molecule has 0 bridgehead atoms. The van der Waals surface area contributed by atoms with E-state index in [1.165, 1.54) is 13.5 Å². The van der Waals surface area contributed by atoms with Crippen molar-refractivity contribution in [1.29, 1.82) is 0 Å². The van der Waals surface area contributed by atoms with Gasteiger partial charge >= 0.3 is 0 Å². The molecule has 21 heavy (non-hydrogen) atoms. The summed E-state index contributed by atoms with van der Waals surface area (Å²) in [6.07, 6.45) is 3.12. The summed E-state index contributed by atoms with van der Waals surface area (Å²) >= 11 is 3.32. The molecule has 118 valence electrons. The summed E-state index contributed by atoms with van der Waals surface area (Å²) in [4.78, 5) is 0.185. The Labute approximate surface area is 135 Å². The van der Waals surface area contributed by atoms with Crippen LogP contribution in [0.2, 0.25) is 0 Å². The number of methoxy groups -OCH3 is 1. The minimum atomic E-state index is -3.59. The Morgan fingerprint density at radius 3 is 2.67 bits per heavy atom. The van der Waals surface area contributed by atoms with Crippen molar-refractivity contribution in [1.82, 2.24) is 4.72 Å². The van der Waals surface area contributed by atoms with Crippen molar-refractivity contribution in [3.05, 3.63) is 22.7 Å². The Balaban J connectivity index is 2.28. The Bertz CT molecular complexity index is 603. The summed E-state index contributed by atoms with van der Waals surface area (Å²) in [5.74, 6) is 1.24. The lowest BCUT2D eigenvalue weighted by atomic mass is 9.78. The van der Waals surface area contributed by atoms with Crippen LogP contribution >= 0.6 is 15.9 Å². The van der Waals surface area contributed by atoms with Crippen molar-refractivity contribution in [3.8, 4) is 5.75 Å². The van der Waals surface area contributed by atoms with Crippen LogP contribution in [0.15, 0.2) is 27.6 Å². The van der Waals surface area contributed by atoms with E-state index in [0.717, 1.165) is 12.8 Å². The van der Waals surface area contributed by atoms with Gasteiger partial charge in [-0.3, -0.25) is 0 Å². The van der Waals surface area contributed by atoms with Crippen LogP contribution in [0.25, 0.3) is 0 Å². The van der Waals surface area contributed by atoms with Crippen LogP contribution in [-0.2, 0) is 10.0 Å². The lowest BCUT2D eigenvalue weighted by molar-refractivity contribution is 0.227. The number of nitrogens with one attached hydrogen (secondary N) is 1. The molecule has 0 amide bonds. The number of hydrogen-bond donors (Lipinski definition) is 1. The second kappa shape index (κ2) is 6.67. The molecule has 1 aromatic rings. The first-order valence-corrected chi connectivity index (χ1v) is 9.48. The molecule has 0 aromatic heterocycles. The number of halogens is 1. The van der Waals surface area contributed by atoms with Gasteiger partial charge < -0.3 is 4.74 Å². The van der Waals surface area contributed by atoms with E-state index in [0.29, 0.717) is 22.1 Å². The van der Waals surface area contributed by atoms with Crippen LogP contribution in [0.1, 0.15) is 33.1 Å². The first-order valence-electron chi connectivity index (χ1n) is 7.21. The third-order valence-electron chi connectivity index (χ3n) is 4.43. The molecular formula is C15H22BrNO3S. The lowest BCUT2D eigenvalue weighted by Crippen LogP contribution is -2.43. The van der Waals surface area contributed by atoms with Crippen molar-refractivity contribution in [2.24, 2.45) is 11.8 Å². The minimum absolute atomic E-state index is 0.0116. The van der Waals surface area contributed by atoms with E-state index in [1.54, 1.807) is 18.2 Å². The van der Waals surface area contributed by atoms with Crippen molar-refractivity contribution in [3.63, 3.8) is 0 Å². The van der Waals surface area contributed by atoms with Gasteiger partial charge in [0, 0.05) is 10.5 Å². The fraction of sp³-hybridized carbons (Fsp3) is 0.600. The van der Waals surface area contributed by atoms with Crippen LogP contribution in [0.3, 0.4) is 0 Å². The minimum Gasteiger partial charge on any atom is -0.495 e. The normalized spacial score (nSPS) is 26.6. The van der Waals surface area contributed by atoms with Gasteiger partial charge in [0.1, 0.15) is 10.6 Å². The Kier molecular flexibility index (Phi) is 5.33. The van der Waals surface area contributed by atoms with Gasteiger partial charge in [0.25, 0.3) is 0 Å². The SMILES string of the molecule is COc1ccc(Br)cc1S(=O)(=O)N[C@@H]1CCC[C@H](C)[C@H]1C. The molecule has 2 rings (SSSR count). The Hall–Kier alpha value is -0.590. The molecule has 1 aliphatic rings. The van der Waals surface area contributed by atoms with Gasteiger partial charge in [-0.05, 0) is 36.5 Å². The van der Waals surface area contributed by atoms with Crippen molar-refractivity contribution < 1.29 is 13.2 Å². The molecule has 0 radical (unpaired) electrons. The molecule has 1 fully saturated rings. The van der Waals surface area contributed by atoms with Crippen LogP contribution in [-0.4, -0.2) is 21.6 Å². The number of hydrogen-bond acceptors (Lipinski definition) is 3. The van der Waals surface area contributed by atoms with Gasteiger partial charge in [0.2, 0.25) is 10.0 Å². The van der Waals surface area contributed by atoms with Gasteiger partial charge in [-0.2, -0.15) is 0 Å². The van der Waals surface area contributed by atoms with E-state index < -0.39 is 10.0 Å². The maximum absolute atomic E-state index is 12.7. The van der Waals surface area contributed by atoms with Crippen LogP contribution in [0.5, 0.6) is 5.75 Å². The van der Waals surface area contributed by atoms with Gasteiger partial charge in [-0.1, -0.05) is 42.6 Å². The fourth-order valence-corrected chi connectivity index (χ4v) is 4.94. The van der Waals surface area contributed by atoms with Gasteiger partial charge in [0.05, 0.1) is 7.11 Å². The molecule has 1 aliphatic carbocycles. The summed E-state index contributed by atoms with van der Waals surface area (Å²) in [6, 6.07) is 5.00. The fourth-order valence-electron chi connectivity index (χ4n) is 2.87. The molecule has 1 aromatic carbocycles. The van der Waals surface area contributed by atoms with Crippen molar-refractivity contribution in [2.75, 3.05) is 7.11 Å². The molecule has 1 saturated carbocycles. The van der Waals surface area contributed by atoms with E-state index in [1.807, 2.05) is 0 Å². The largest absolute Gasteiger partial charge is 0.495 e. The average molecular weight is 376 g/mol. The summed E-state index contributed by atoms with van der Waals surface area (Å²) in [7, 11) is -2.11. The zero-order valence-electron chi connectivity index (χ0n) is 12.6. The smallest absolute Gasteiger partial charge is 0.244 e. The van der Waals surface area contributed by atoms with E-state index in [-0.39, 0.29) is 10.9 Å². The Morgan fingerprint density at radius 1 is 1.29 bits per heavy atom. The van der Waals surface area contributed by atoms with Gasteiger partial charge in [-0.25, -0.2) is 13.1 Å². The maximum Gasteiger partial charge on any atom is 0.244 e. The van der Waals surface area contributed by atoms with Crippen LogP contribution in [0, 0.1) is 11.8 Å². The van der Waals surface area contributed by atoms with Gasteiger partial charge in [0.15, 0.2) is 0 Å². The molecule has 3 atom stereocenters. The van der Waals surface area contributed by atoms with E-state index in [2.05, 4.69) is 34.5 Å². The quantitative estimate of drug-likeness (QED) is 0.874. The van der Waals surface area contributed by atoms with Crippen molar-refractivity contribution >= 4 is 26.0 Å². The van der Waals surface area contributed by atoms with E-state index >= 15 is 0 Å². The topological polar surface area (TPSA) is 55.4 Å². The molecule has 0 aliphatic heterocycles. The third kappa shape index (κ3) is 3.79. The summed E-state index contributed by atoms with van der Waals surface area (Å²) in [5, 5.41) is 0. The average Bonchev–Trinajstić information content (AvgIpc) is 2.44. The second-order valence-corrected chi connectivity index (χ2v) is 8.39. The van der Waals surface area contributed by atoms with E-state index in [4.69, 9.17) is 4.74 Å². The summed E-state index contributed by atoms with van der Waals surface area (Å²) in [5.41, 5.74) is 0.